The van der Waals surface area contributed by atoms with Crippen LogP contribution in [0, 0.1) is 12.3 Å². The van der Waals surface area contributed by atoms with Gasteiger partial charge in [-0.2, -0.15) is 0 Å². The zero-order valence-electron chi connectivity index (χ0n) is 18.9. The second-order valence-electron chi connectivity index (χ2n) is 7.97. The summed E-state index contributed by atoms with van der Waals surface area (Å²) in [6, 6.07) is 6.02. The molecule has 0 saturated heterocycles. The summed E-state index contributed by atoms with van der Waals surface area (Å²) < 4.78 is 5.18. The van der Waals surface area contributed by atoms with Gasteiger partial charge in [0.2, 0.25) is 11.8 Å². The zero-order valence-corrected chi connectivity index (χ0v) is 18.9. The van der Waals surface area contributed by atoms with Crippen molar-refractivity contribution < 1.29 is 19.1 Å². The van der Waals surface area contributed by atoms with Crippen molar-refractivity contribution >= 4 is 17.9 Å². The average Bonchev–Trinajstić information content (AvgIpc) is 2.71. The monoisotopic (exact) mass is 427 g/mol. The summed E-state index contributed by atoms with van der Waals surface area (Å²) in [5, 5.41) is 5.32. The molecule has 3 amide bonds. The molecule has 0 aliphatic carbocycles. The topological polar surface area (TPSA) is 87.7 Å². The summed E-state index contributed by atoms with van der Waals surface area (Å²) in [5.74, 6) is 1.77. The van der Waals surface area contributed by atoms with Gasteiger partial charge in [0.15, 0.2) is 0 Å². The smallest absolute Gasteiger partial charge is 0.408 e. The molecule has 0 saturated carbocycles. The number of ether oxygens (including phenoxy) is 1. The van der Waals surface area contributed by atoms with Gasteiger partial charge in [0.1, 0.15) is 18.2 Å². The third-order valence-electron chi connectivity index (χ3n) is 4.23. The number of unbranched alkanes of at least 4 members (excludes halogenated alkanes) is 1. The molecule has 7 nitrogen and oxygen atoms in total. The predicted octanol–water partition coefficient (Wildman–Crippen LogP) is 3.16. The molecule has 1 rings (SSSR count). The second-order valence-corrected chi connectivity index (χ2v) is 7.97. The Morgan fingerprint density at radius 2 is 1.94 bits per heavy atom. The van der Waals surface area contributed by atoms with Crippen LogP contribution in [0.5, 0.6) is 0 Å². The quantitative estimate of drug-likeness (QED) is 0.341. The Bertz CT molecular complexity index is 821. The summed E-state index contributed by atoms with van der Waals surface area (Å²) in [4.78, 5) is 39.5. The molecule has 0 bridgehead atoms. The van der Waals surface area contributed by atoms with Crippen LogP contribution in [0.25, 0.3) is 0 Å². The molecule has 0 aliphatic rings. The van der Waals surface area contributed by atoms with Crippen molar-refractivity contribution in [2.45, 2.75) is 52.2 Å². The minimum Gasteiger partial charge on any atom is -0.444 e. The number of rotatable bonds is 10. The second kappa shape index (κ2) is 12.4. The van der Waals surface area contributed by atoms with E-state index in [0.29, 0.717) is 17.7 Å². The van der Waals surface area contributed by atoms with E-state index in [9.17, 15) is 14.4 Å². The van der Waals surface area contributed by atoms with E-state index in [4.69, 9.17) is 11.2 Å². The van der Waals surface area contributed by atoms with Gasteiger partial charge in [-0.25, -0.2) is 4.79 Å². The summed E-state index contributed by atoms with van der Waals surface area (Å²) >= 11 is 0. The molecular weight excluding hydrogens is 394 g/mol. The summed E-state index contributed by atoms with van der Waals surface area (Å²) in [7, 11) is 0. The van der Waals surface area contributed by atoms with Crippen molar-refractivity contribution in [2.75, 3.05) is 19.6 Å². The van der Waals surface area contributed by atoms with E-state index in [0.717, 1.165) is 12.8 Å². The highest BCUT2D eigenvalue weighted by molar-refractivity contribution is 5.91. The number of nitrogens with zero attached hydrogens (tertiary/aromatic N) is 1. The molecule has 0 heterocycles. The lowest BCUT2D eigenvalue weighted by molar-refractivity contribution is -0.139. The molecule has 0 radical (unpaired) electrons. The predicted molar refractivity (Wildman–Crippen MR) is 121 cm³/mol. The Labute approximate surface area is 185 Å². The van der Waals surface area contributed by atoms with E-state index in [1.807, 2.05) is 6.92 Å². The standard InChI is InChI=1S/C24H33N3O4/c1-7-10-15-25-22(29)21(19-14-12-11-13-18(19)9-3)27(16-8-2)20(28)17-26-23(30)31-24(4,5)6/h3,8,11-14,21H,2,7,10,15-17H2,1,4-6H3,(H,25,29)(H,26,30). The molecule has 0 spiro atoms. The van der Waals surface area contributed by atoms with Gasteiger partial charge in [0.05, 0.1) is 0 Å². The number of terminal acetylenes is 1. The molecule has 0 aromatic heterocycles. The van der Waals surface area contributed by atoms with Crippen LogP contribution in [0.15, 0.2) is 36.9 Å². The van der Waals surface area contributed by atoms with Crippen molar-refractivity contribution in [2.24, 2.45) is 0 Å². The van der Waals surface area contributed by atoms with Gasteiger partial charge in [0, 0.05) is 18.7 Å². The highest BCUT2D eigenvalue weighted by atomic mass is 16.6. The number of hydrogen-bond donors (Lipinski definition) is 2. The minimum atomic E-state index is -0.963. The number of carbonyl (C=O) groups excluding carboxylic acids is 3. The first-order valence-electron chi connectivity index (χ1n) is 10.3. The van der Waals surface area contributed by atoms with Gasteiger partial charge in [0.25, 0.3) is 0 Å². The average molecular weight is 428 g/mol. The van der Waals surface area contributed by atoms with Gasteiger partial charge in [-0.1, -0.05) is 43.5 Å². The van der Waals surface area contributed by atoms with Crippen LogP contribution in [-0.2, 0) is 14.3 Å². The molecule has 1 aromatic rings. The van der Waals surface area contributed by atoms with Crippen LogP contribution < -0.4 is 10.6 Å². The number of hydrogen-bond acceptors (Lipinski definition) is 4. The van der Waals surface area contributed by atoms with Crippen LogP contribution in [0.4, 0.5) is 4.79 Å². The molecule has 1 aromatic carbocycles. The SMILES string of the molecule is C#Cc1ccccc1C(C(=O)NCCCC)N(CC=C)C(=O)CNC(=O)OC(C)(C)C. The van der Waals surface area contributed by atoms with Crippen LogP contribution in [0.1, 0.15) is 57.7 Å². The Morgan fingerprint density at radius 3 is 2.52 bits per heavy atom. The zero-order chi connectivity index (χ0) is 23.4. The van der Waals surface area contributed by atoms with E-state index in [-0.39, 0.29) is 19.0 Å². The lowest BCUT2D eigenvalue weighted by Gasteiger charge is -2.31. The molecule has 168 valence electrons. The fraction of sp³-hybridized carbons (Fsp3) is 0.458. The first-order valence-corrected chi connectivity index (χ1v) is 10.3. The van der Waals surface area contributed by atoms with Crippen molar-refractivity contribution in [3.8, 4) is 12.3 Å². The Hall–Kier alpha value is -3.27. The first kappa shape index (κ1) is 25.8. The third-order valence-corrected chi connectivity index (χ3v) is 4.23. The molecule has 7 heteroatoms. The highest BCUT2D eigenvalue weighted by Crippen LogP contribution is 2.25. The Balaban J connectivity index is 3.18. The van der Waals surface area contributed by atoms with Crippen LogP contribution in [0.3, 0.4) is 0 Å². The normalized spacial score (nSPS) is 11.6. The summed E-state index contributed by atoms with van der Waals surface area (Å²) in [6.07, 6.45) is 8.18. The lowest BCUT2D eigenvalue weighted by Crippen LogP contribution is -2.48. The first-order chi connectivity index (χ1) is 14.6. The van der Waals surface area contributed by atoms with Crippen LogP contribution >= 0.6 is 0 Å². The third kappa shape index (κ3) is 8.55. The molecule has 1 atom stereocenters. The highest BCUT2D eigenvalue weighted by Gasteiger charge is 2.32. The van der Waals surface area contributed by atoms with Crippen molar-refractivity contribution in [3.05, 3.63) is 48.0 Å². The summed E-state index contributed by atoms with van der Waals surface area (Å²) in [6.45, 7) is 11.2. The number of amides is 3. The maximum Gasteiger partial charge on any atom is 0.408 e. The van der Waals surface area contributed by atoms with Crippen molar-refractivity contribution in [3.63, 3.8) is 0 Å². The van der Waals surface area contributed by atoms with E-state index in [1.165, 1.54) is 11.0 Å². The number of alkyl carbamates (subject to hydrolysis) is 1. The van der Waals surface area contributed by atoms with Gasteiger partial charge in [-0.05, 0) is 38.8 Å². The van der Waals surface area contributed by atoms with Crippen LogP contribution in [0.2, 0.25) is 0 Å². The van der Waals surface area contributed by atoms with Crippen LogP contribution in [-0.4, -0.2) is 48.0 Å². The minimum absolute atomic E-state index is 0.0968. The molecule has 1 unspecified atom stereocenters. The van der Waals surface area contributed by atoms with Gasteiger partial charge < -0.3 is 20.3 Å². The number of carbonyl (C=O) groups is 3. The molecule has 31 heavy (non-hydrogen) atoms. The van der Waals surface area contributed by atoms with Crippen molar-refractivity contribution in [1.82, 2.24) is 15.5 Å². The fourth-order valence-corrected chi connectivity index (χ4v) is 2.86. The van der Waals surface area contributed by atoms with Gasteiger partial charge in [-0.3, -0.25) is 9.59 Å². The Morgan fingerprint density at radius 1 is 1.26 bits per heavy atom. The lowest BCUT2D eigenvalue weighted by atomic mass is 9.98. The largest absolute Gasteiger partial charge is 0.444 e. The van der Waals surface area contributed by atoms with E-state index in [2.05, 4.69) is 23.1 Å². The molecular formula is C24H33N3O4. The molecule has 0 fully saturated rings. The number of nitrogens with one attached hydrogen (secondary N) is 2. The van der Waals surface area contributed by atoms with Crippen molar-refractivity contribution in [1.29, 1.82) is 0 Å². The van der Waals surface area contributed by atoms with E-state index >= 15 is 0 Å². The Kier molecular flexibility index (Phi) is 10.3. The maximum absolute atomic E-state index is 13.1. The van der Waals surface area contributed by atoms with Gasteiger partial charge >= 0.3 is 6.09 Å². The molecule has 0 aliphatic heterocycles. The van der Waals surface area contributed by atoms with E-state index in [1.54, 1.807) is 45.0 Å². The summed E-state index contributed by atoms with van der Waals surface area (Å²) in [5.41, 5.74) is 0.355. The van der Waals surface area contributed by atoms with E-state index < -0.39 is 23.6 Å². The molecule has 2 N–H and O–H groups in total. The number of benzene rings is 1. The fourth-order valence-electron chi connectivity index (χ4n) is 2.86. The van der Waals surface area contributed by atoms with Gasteiger partial charge in [-0.15, -0.1) is 13.0 Å². The maximum atomic E-state index is 13.1.